The maximum absolute atomic E-state index is 10.4. The fourth-order valence-electron chi connectivity index (χ4n) is 2.86. The lowest BCUT2D eigenvalue weighted by molar-refractivity contribution is -0.0506. The summed E-state index contributed by atoms with van der Waals surface area (Å²) in [6.07, 6.45) is 4.16. The van der Waals surface area contributed by atoms with Crippen molar-refractivity contribution in [3.8, 4) is 17.1 Å². The number of benzene rings is 1. The van der Waals surface area contributed by atoms with Gasteiger partial charge in [0.2, 0.25) is 0 Å². The van der Waals surface area contributed by atoms with E-state index in [9.17, 15) is 5.11 Å². The van der Waals surface area contributed by atoms with Crippen molar-refractivity contribution in [2.45, 2.75) is 32.5 Å². The van der Waals surface area contributed by atoms with E-state index >= 15 is 0 Å². The summed E-state index contributed by atoms with van der Waals surface area (Å²) in [5, 5.41) is 17.1. The van der Waals surface area contributed by atoms with Crippen LogP contribution in [0.2, 0.25) is 0 Å². The Labute approximate surface area is 162 Å². The van der Waals surface area contributed by atoms with Gasteiger partial charge in [-0.25, -0.2) is 15.0 Å². The molecule has 28 heavy (non-hydrogen) atoms. The van der Waals surface area contributed by atoms with Gasteiger partial charge in [-0.1, -0.05) is 12.1 Å². The summed E-state index contributed by atoms with van der Waals surface area (Å²) in [4.78, 5) is 13.3. The van der Waals surface area contributed by atoms with E-state index in [2.05, 4.69) is 25.1 Å². The zero-order valence-corrected chi connectivity index (χ0v) is 16.0. The van der Waals surface area contributed by atoms with Crippen LogP contribution in [-0.4, -0.2) is 47.0 Å². The topological polar surface area (TPSA) is 102 Å². The number of aliphatic hydroxyl groups is 1. The second-order valence-electron chi connectivity index (χ2n) is 7.51. The number of aromatic amines is 1. The molecule has 0 aliphatic heterocycles. The van der Waals surface area contributed by atoms with E-state index in [1.54, 1.807) is 6.20 Å². The number of fused-ring (bicyclic) bond motifs is 1. The summed E-state index contributed by atoms with van der Waals surface area (Å²) >= 11 is 0. The van der Waals surface area contributed by atoms with Gasteiger partial charge in [0.1, 0.15) is 17.9 Å². The molecule has 1 atom stereocenters. The number of hydrogen-bond donors (Lipinski definition) is 2. The van der Waals surface area contributed by atoms with Crippen LogP contribution >= 0.6 is 0 Å². The Morgan fingerprint density at radius 2 is 2.07 bits per heavy atom. The number of aromatic nitrogens is 6. The van der Waals surface area contributed by atoms with Crippen LogP contribution < -0.4 is 0 Å². The molecule has 0 aliphatic carbocycles. The van der Waals surface area contributed by atoms with Crippen molar-refractivity contribution in [2.24, 2.45) is 0 Å². The molecule has 0 bridgehead atoms. The Hall–Kier alpha value is -3.10. The fourth-order valence-corrected chi connectivity index (χ4v) is 2.86. The maximum atomic E-state index is 10.4. The quantitative estimate of drug-likeness (QED) is 0.553. The number of nitrogens with one attached hydrogen (secondary N) is 1. The van der Waals surface area contributed by atoms with E-state index in [0.717, 1.165) is 11.3 Å². The molecule has 0 spiro atoms. The van der Waals surface area contributed by atoms with Crippen LogP contribution in [0.3, 0.4) is 0 Å². The smallest absolute Gasteiger partial charge is 0.163 e. The summed E-state index contributed by atoms with van der Waals surface area (Å²) < 4.78 is 7.59. The highest BCUT2D eigenvalue weighted by Gasteiger charge is 2.17. The number of nitrogens with zero attached hydrogens (tertiary/aromatic N) is 5. The molecule has 0 saturated heterocycles. The van der Waals surface area contributed by atoms with E-state index in [4.69, 9.17) is 4.74 Å². The van der Waals surface area contributed by atoms with Crippen LogP contribution in [0.1, 0.15) is 32.6 Å². The second kappa shape index (κ2) is 7.14. The molecular formula is C20H22N6O2. The predicted octanol–water partition coefficient (Wildman–Crippen LogP) is 3.05. The molecule has 8 heteroatoms. The number of rotatable bonds is 5. The zero-order valence-electron chi connectivity index (χ0n) is 16.0. The molecule has 2 N–H and O–H groups in total. The summed E-state index contributed by atoms with van der Waals surface area (Å²) in [5.74, 6) is 0.702. The average Bonchev–Trinajstić information content (AvgIpc) is 3.35. The minimum atomic E-state index is -0.825. The van der Waals surface area contributed by atoms with Crippen LogP contribution in [0, 0.1) is 0 Å². The minimum Gasteiger partial charge on any atom is -0.384 e. The molecular weight excluding hydrogens is 356 g/mol. The second-order valence-corrected chi connectivity index (χ2v) is 7.51. The van der Waals surface area contributed by atoms with Gasteiger partial charge in [-0.3, -0.25) is 9.67 Å². The summed E-state index contributed by atoms with van der Waals surface area (Å²) in [7, 11) is 0. The lowest BCUT2D eigenvalue weighted by atomic mass is 10.2. The molecule has 4 rings (SSSR count). The van der Waals surface area contributed by atoms with Gasteiger partial charge in [-0.05, 0) is 39.0 Å². The number of aliphatic hydroxyl groups excluding tert-OH is 1. The standard InChI is InChI=1S/C20H22N6O2/c1-20(2,3)28-11-17(27)16-10-21-19-15(24-16)7-8-26(19)14-6-4-5-13(9-14)18-22-12-23-25-18/h4-10,12,17,27H,11H2,1-3H3,(H,22,23,25)/t17-/m1/s1. The first-order valence-corrected chi connectivity index (χ1v) is 9.03. The van der Waals surface area contributed by atoms with E-state index in [1.807, 2.05) is 61.9 Å². The monoisotopic (exact) mass is 378 g/mol. The molecule has 3 aromatic heterocycles. The van der Waals surface area contributed by atoms with Crippen LogP contribution in [-0.2, 0) is 4.74 Å². The third-order valence-corrected chi connectivity index (χ3v) is 4.24. The van der Waals surface area contributed by atoms with Gasteiger partial charge in [0.15, 0.2) is 11.5 Å². The Bertz CT molecular complexity index is 1080. The number of H-pyrrole nitrogens is 1. The van der Waals surface area contributed by atoms with Crippen molar-refractivity contribution in [1.82, 2.24) is 29.7 Å². The van der Waals surface area contributed by atoms with Gasteiger partial charge in [0, 0.05) is 17.4 Å². The number of hydrogen-bond acceptors (Lipinski definition) is 6. The Balaban J connectivity index is 1.63. The third-order valence-electron chi connectivity index (χ3n) is 4.24. The molecule has 1 aromatic carbocycles. The van der Waals surface area contributed by atoms with E-state index in [-0.39, 0.29) is 12.2 Å². The molecule has 0 unspecified atom stereocenters. The number of ether oxygens (including phenoxy) is 1. The first-order valence-electron chi connectivity index (χ1n) is 9.03. The predicted molar refractivity (Wildman–Crippen MR) is 105 cm³/mol. The summed E-state index contributed by atoms with van der Waals surface area (Å²) in [6, 6.07) is 9.78. The van der Waals surface area contributed by atoms with Gasteiger partial charge >= 0.3 is 0 Å². The molecule has 0 saturated carbocycles. The van der Waals surface area contributed by atoms with Crippen LogP contribution in [0.4, 0.5) is 0 Å². The Morgan fingerprint density at radius 3 is 2.82 bits per heavy atom. The molecule has 4 aromatic rings. The minimum absolute atomic E-state index is 0.170. The lowest BCUT2D eigenvalue weighted by Gasteiger charge is -2.21. The van der Waals surface area contributed by atoms with Crippen LogP contribution in [0.15, 0.2) is 49.1 Å². The van der Waals surface area contributed by atoms with E-state index < -0.39 is 6.10 Å². The van der Waals surface area contributed by atoms with Crippen molar-refractivity contribution in [3.63, 3.8) is 0 Å². The van der Waals surface area contributed by atoms with Gasteiger partial charge < -0.3 is 9.84 Å². The highest BCUT2D eigenvalue weighted by atomic mass is 16.5. The van der Waals surface area contributed by atoms with E-state index in [0.29, 0.717) is 22.7 Å². The fraction of sp³-hybridized carbons (Fsp3) is 0.300. The van der Waals surface area contributed by atoms with Crippen molar-refractivity contribution >= 4 is 11.2 Å². The first kappa shape index (κ1) is 18.3. The van der Waals surface area contributed by atoms with Gasteiger partial charge in [-0.15, -0.1) is 0 Å². The maximum Gasteiger partial charge on any atom is 0.163 e. The molecule has 144 valence electrons. The van der Waals surface area contributed by atoms with Crippen LogP contribution in [0.5, 0.6) is 0 Å². The normalized spacial score (nSPS) is 13.1. The lowest BCUT2D eigenvalue weighted by Crippen LogP contribution is -2.23. The van der Waals surface area contributed by atoms with E-state index in [1.165, 1.54) is 6.33 Å². The zero-order chi connectivity index (χ0) is 19.7. The van der Waals surface area contributed by atoms with Crippen molar-refractivity contribution in [3.05, 3.63) is 54.7 Å². The van der Waals surface area contributed by atoms with Gasteiger partial charge in [0.25, 0.3) is 0 Å². The third kappa shape index (κ3) is 3.78. The molecule has 0 aliphatic rings. The molecule has 0 amide bonds. The Kier molecular flexibility index (Phi) is 4.66. The highest BCUT2D eigenvalue weighted by Crippen LogP contribution is 2.23. The first-order chi connectivity index (χ1) is 13.4. The molecule has 3 heterocycles. The molecule has 0 fully saturated rings. The summed E-state index contributed by atoms with van der Waals surface area (Å²) in [6.45, 7) is 6.01. The van der Waals surface area contributed by atoms with Crippen molar-refractivity contribution < 1.29 is 9.84 Å². The largest absolute Gasteiger partial charge is 0.384 e. The average molecular weight is 378 g/mol. The Morgan fingerprint density at radius 1 is 1.21 bits per heavy atom. The van der Waals surface area contributed by atoms with Gasteiger partial charge in [0.05, 0.1) is 24.1 Å². The highest BCUT2D eigenvalue weighted by molar-refractivity contribution is 5.74. The molecule has 0 radical (unpaired) electrons. The van der Waals surface area contributed by atoms with Crippen LogP contribution in [0.25, 0.3) is 28.2 Å². The van der Waals surface area contributed by atoms with Crippen molar-refractivity contribution in [2.75, 3.05) is 6.61 Å². The van der Waals surface area contributed by atoms with Crippen molar-refractivity contribution in [1.29, 1.82) is 0 Å². The SMILES string of the molecule is CC(C)(C)OC[C@@H](O)c1cnc2c(ccn2-c2cccc(-c3ncn[nH]3)c2)n1. The molecule has 8 nitrogen and oxygen atoms in total. The summed E-state index contributed by atoms with van der Waals surface area (Å²) in [5.41, 5.74) is 3.44. The van der Waals surface area contributed by atoms with Gasteiger partial charge in [-0.2, -0.15) is 5.10 Å².